The smallest absolute Gasteiger partial charge is 0.238 e. The van der Waals surface area contributed by atoms with E-state index in [4.69, 9.17) is 5.14 Å². The Morgan fingerprint density at radius 2 is 1.87 bits per heavy atom. The standard InChI is InChI=1S/C9H11NO3S2/c1-14-9(11)6-7-2-4-8(5-3-7)15(10,12)13/h2-5H,6H2,1H3,(H2,10,12,13). The summed E-state index contributed by atoms with van der Waals surface area (Å²) in [5.74, 6) is 0. The molecular formula is C9H11NO3S2. The van der Waals surface area contributed by atoms with Gasteiger partial charge in [0.15, 0.2) is 5.12 Å². The second-order valence-electron chi connectivity index (χ2n) is 2.94. The summed E-state index contributed by atoms with van der Waals surface area (Å²) in [6.45, 7) is 0. The SMILES string of the molecule is CSC(=O)Cc1ccc(S(N)(=O)=O)cc1. The van der Waals surface area contributed by atoms with Gasteiger partial charge in [0.1, 0.15) is 0 Å². The summed E-state index contributed by atoms with van der Waals surface area (Å²) in [5.41, 5.74) is 0.779. The Morgan fingerprint density at radius 1 is 1.33 bits per heavy atom. The third kappa shape index (κ3) is 3.65. The second-order valence-corrected chi connectivity index (χ2v) is 5.37. The molecule has 1 aromatic carbocycles. The first-order valence-electron chi connectivity index (χ1n) is 4.12. The van der Waals surface area contributed by atoms with Crippen LogP contribution in [0.15, 0.2) is 29.2 Å². The van der Waals surface area contributed by atoms with Crippen LogP contribution in [-0.2, 0) is 21.2 Å². The van der Waals surface area contributed by atoms with Gasteiger partial charge < -0.3 is 0 Å². The molecule has 0 saturated heterocycles. The Kier molecular flexibility index (Phi) is 3.90. The average Bonchev–Trinajstić information content (AvgIpc) is 2.17. The molecule has 6 heteroatoms. The van der Waals surface area contributed by atoms with Crippen LogP contribution >= 0.6 is 11.8 Å². The van der Waals surface area contributed by atoms with E-state index in [0.29, 0.717) is 6.42 Å². The van der Waals surface area contributed by atoms with Gasteiger partial charge in [0.2, 0.25) is 10.0 Å². The van der Waals surface area contributed by atoms with Crippen molar-refractivity contribution in [1.29, 1.82) is 0 Å². The van der Waals surface area contributed by atoms with Gasteiger partial charge in [-0.2, -0.15) is 0 Å². The molecule has 1 rings (SSSR count). The highest BCUT2D eigenvalue weighted by atomic mass is 32.2. The van der Waals surface area contributed by atoms with E-state index in [-0.39, 0.29) is 10.0 Å². The lowest BCUT2D eigenvalue weighted by Crippen LogP contribution is -2.12. The zero-order chi connectivity index (χ0) is 11.5. The van der Waals surface area contributed by atoms with Crippen molar-refractivity contribution >= 4 is 26.9 Å². The number of nitrogens with two attached hydrogens (primary N) is 1. The van der Waals surface area contributed by atoms with Gasteiger partial charge in [-0.1, -0.05) is 23.9 Å². The maximum atomic E-state index is 11.1. The Morgan fingerprint density at radius 3 is 2.27 bits per heavy atom. The molecule has 0 saturated carbocycles. The molecule has 0 amide bonds. The topological polar surface area (TPSA) is 77.2 Å². The number of thioether (sulfide) groups is 1. The molecule has 82 valence electrons. The molecule has 0 aliphatic heterocycles. The molecule has 0 aromatic heterocycles. The van der Waals surface area contributed by atoms with Crippen molar-refractivity contribution in [1.82, 2.24) is 0 Å². The fourth-order valence-electron chi connectivity index (χ4n) is 1.04. The summed E-state index contributed by atoms with van der Waals surface area (Å²) in [4.78, 5) is 11.1. The Hall–Kier alpha value is -0.850. The van der Waals surface area contributed by atoms with E-state index in [1.54, 1.807) is 18.4 Å². The Labute approximate surface area is 92.9 Å². The van der Waals surface area contributed by atoms with Crippen molar-refractivity contribution in [3.05, 3.63) is 29.8 Å². The molecule has 15 heavy (non-hydrogen) atoms. The molecule has 0 spiro atoms. The third-order valence-electron chi connectivity index (χ3n) is 1.83. The van der Waals surface area contributed by atoms with Crippen LogP contribution in [0.5, 0.6) is 0 Å². The number of carbonyl (C=O) groups is 1. The number of hydrogen-bond donors (Lipinski definition) is 1. The first kappa shape index (κ1) is 12.2. The van der Waals surface area contributed by atoms with Crippen molar-refractivity contribution < 1.29 is 13.2 Å². The predicted octanol–water partition coefficient (Wildman–Crippen LogP) is 0.766. The Bertz CT molecular complexity index is 451. The van der Waals surface area contributed by atoms with Crippen LogP contribution in [0, 0.1) is 0 Å². The molecule has 4 nitrogen and oxygen atoms in total. The average molecular weight is 245 g/mol. The first-order chi connectivity index (χ1) is 6.93. The quantitative estimate of drug-likeness (QED) is 0.853. The number of hydrogen-bond acceptors (Lipinski definition) is 4. The lowest BCUT2D eigenvalue weighted by molar-refractivity contribution is -0.110. The fourth-order valence-corrected chi connectivity index (χ4v) is 1.86. The largest absolute Gasteiger partial charge is 0.287 e. The number of sulfonamides is 1. The fraction of sp³-hybridized carbons (Fsp3) is 0.222. The molecule has 0 fully saturated rings. The van der Waals surface area contributed by atoms with E-state index >= 15 is 0 Å². The molecule has 0 unspecified atom stereocenters. The summed E-state index contributed by atoms with van der Waals surface area (Å²) in [5, 5.41) is 4.98. The van der Waals surface area contributed by atoms with Gasteiger partial charge in [0, 0.05) is 6.42 Å². The van der Waals surface area contributed by atoms with Crippen LogP contribution in [-0.4, -0.2) is 19.8 Å². The summed E-state index contributed by atoms with van der Waals surface area (Å²) < 4.78 is 21.9. The minimum atomic E-state index is -3.64. The highest BCUT2D eigenvalue weighted by Crippen LogP contribution is 2.11. The van der Waals surface area contributed by atoms with Crippen molar-refractivity contribution in [3.8, 4) is 0 Å². The predicted molar refractivity (Wildman–Crippen MR) is 60.0 cm³/mol. The van der Waals surface area contributed by atoms with Crippen LogP contribution < -0.4 is 5.14 Å². The lowest BCUT2D eigenvalue weighted by Gasteiger charge is -2.00. The first-order valence-corrected chi connectivity index (χ1v) is 6.89. The molecule has 0 bridgehead atoms. The van der Waals surface area contributed by atoms with Crippen molar-refractivity contribution in [2.45, 2.75) is 11.3 Å². The van der Waals surface area contributed by atoms with E-state index in [2.05, 4.69) is 0 Å². The normalized spacial score (nSPS) is 11.3. The molecule has 0 heterocycles. The minimum Gasteiger partial charge on any atom is -0.287 e. The maximum absolute atomic E-state index is 11.1. The summed E-state index contributed by atoms with van der Waals surface area (Å²) in [6.07, 6.45) is 2.01. The molecule has 0 aliphatic rings. The van der Waals surface area contributed by atoms with Crippen LogP contribution in [0.3, 0.4) is 0 Å². The summed E-state index contributed by atoms with van der Waals surface area (Å²) in [6, 6.07) is 5.98. The van der Waals surface area contributed by atoms with Crippen LogP contribution in [0.25, 0.3) is 0 Å². The zero-order valence-corrected chi connectivity index (χ0v) is 9.77. The van der Waals surface area contributed by atoms with Gasteiger partial charge in [-0.15, -0.1) is 0 Å². The maximum Gasteiger partial charge on any atom is 0.238 e. The number of benzene rings is 1. The van der Waals surface area contributed by atoms with E-state index in [9.17, 15) is 13.2 Å². The number of primary sulfonamides is 1. The molecule has 0 radical (unpaired) electrons. The molecule has 1 aromatic rings. The van der Waals surface area contributed by atoms with Crippen LogP contribution in [0.2, 0.25) is 0 Å². The van der Waals surface area contributed by atoms with Gasteiger partial charge in [0.05, 0.1) is 4.90 Å². The molecular weight excluding hydrogens is 234 g/mol. The van der Waals surface area contributed by atoms with Crippen molar-refractivity contribution in [2.24, 2.45) is 5.14 Å². The second kappa shape index (κ2) is 4.78. The molecule has 0 aliphatic carbocycles. The summed E-state index contributed by atoms with van der Waals surface area (Å²) >= 11 is 1.15. The van der Waals surface area contributed by atoms with Gasteiger partial charge in [-0.3, -0.25) is 4.79 Å². The van der Waals surface area contributed by atoms with Crippen molar-refractivity contribution in [3.63, 3.8) is 0 Å². The Balaban J connectivity index is 2.86. The van der Waals surface area contributed by atoms with Crippen LogP contribution in [0.4, 0.5) is 0 Å². The van der Waals surface area contributed by atoms with Gasteiger partial charge in [-0.05, 0) is 24.0 Å². The molecule has 0 atom stereocenters. The van der Waals surface area contributed by atoms with Crippen LogP contribution in [0.1, 0.15) is 5.56 Å². The van der Waals surface area contributed by atoms with Gasteiger partial charge in [-0.25, -0.2) is 13.6 Å². The van der Waals surface area contributed by atoms with E-state index in [0.717, 1.165) is 17.3 Å². The lowest BCUT2D eigenvalue weighted by atomic mass is 10.2. The van der Waals surface area contributed by atoms with Gasteiger partial charge >= 0.3 is 0 Å². The monoisotopic (exact) mass is 245 g/mol. The highest BCUT2D eigenvalue weighted by Gasteiger charge is 2.07. The van der Waals surface area contributed by atoms with E-state index in [1.807, 2.05) is 0 Å². The highest BCUT2D eigenvalue weighted by molar-refractivity contribution is 8.13. The van der Waals surface area contributed by atoms with Crippen molar-refractivity contribution in [2.75, 3.05) is 6.26 Å². The van der Waals surface area contributed by atoms with Gasteiger partial charge in [0.25, 0.3) is 0 Å². The molecule has 2 N–H and O–H groups in total. The zero-order valence-electron chi connectivity index (χ0n) is 8.14. The van der Waals surface area contributed by atoms with E-state index < -0.39 is 10.0 Å². The third-order valence-corrected chi connectivity index (χ3v) is 3.36. The number of carbonyl (C=O) groups excluding carboxylic acids is 1. The number of rotatable bonds is 3. The minimum absolute atomic E-state index is 0.0401. The van der Waals surface area contributed by atoms with E-state index in [1.165, 1.54) is 12.1 Å². The summed E-state index contributed by atoms with van der Waals surface area (Å²) in [7, 11) is -3.64.